The van der Waals surface area contributed by atoms with Gasteiger partial charge in [-0.25, -0.2) is 0 Å². The Labute approximate surface area is 856 Å². The smallest absolute Gasteiger partial charge is 0.267 e. The normalized spacial score (nSPS) is 13.0. The first kappa shape index (κ1) is 105. The van der Waals surface area contributed by atoms with E-state index in [1.54, 1.807) is 0 Å². The first-order valence-electron chi connectivity index (χ1n) is 49.2. The molecule has 0 saturated carbocycles. The lowest BCUT2D eigenvalue weighted by atomic mass is 9.69. The number of benzene rings is 17. The van der Waals surface area contributed by atoms with E-state index in [0.29, 0.717) is 45.4 Å². The summed E-state index contributed by atoms with van der Waals surface area (Å²) in [7, 11) is -3.05. The molecule has 1 saturated heterocycles. The largest absolute Gasteiger partial charge is 0.358 e. The molecule has 0 atom stereocenters. The second-order valence-corrected chi connectivity index (χ2v) is 39.1. The molecule has 718 valence electrons. The van der Waals surface area contributed by atoms with Crippen LogP contribution in [0.2, 0.25) is 0 Å². The maximum absolute atomic E-state index is 11.1. The van der Waals surface area contributed by atoms with Crippen molar-refractivity contribution in [3.63, 3.8) is 0 Å². The molecule has 12 heteroatoms. The molecule has 3 aliphatic heterocycles. The zero-order valence-corrected chi connectivity index (χ0v) is 83.8. The molecule has 143 heavy (non-hydrogen) atoms. The summed E-state index contributed by atoms with van der Waals surface area (Å²) in [6.45, 7) is 3.29. The number of carbonyl (C=O) groups excluding carboxylic acids is 1. The lowest BCUT2D eigenvalue weighted by Gasteiger charge is -2.37. The van der Waals surface area contributed by atoms with Crippen LogP contribution >= 0.6 is 15.9 Å². The number of nitrogens with one attached hydrogen (secondary N) is 1. The van der Waals surface area contributed by atoms with Gasteiger partial charge in [0.05, 0.1) is 36.3 Å². The fourth-order valence-electron chi connectivity index (χ4n) is 19.2. The molecule has 3 heterocycles. The maximum atomic E-state index is 11.1. The van der Waals surface area contributed by atoms with Crippen LogP contribution in [0, 0.1) is 22.7 Å². The van der Waals surface area contributed by atoms with Crippen LogP contribution in [0.3, 0.4) is 0 Å². The third kappa shape index (κ3) is 32.7. The number of fused-ring (bicyclic) bond motifs is 2. The highest BCUT2D eigenvalue weighted by Gasteiger charge is 2.40. The molecule has 3 N–H and O–H groups in total. The number of amides is 1. The van der Waals surface area contributed by atoms with Crippen molar-refractivity contribution in [1.82, 2.24) is 5.32 Å². The van der Waals surface area contributed by atoms with Gasteiger partial charge in [-0.05, 0) is 176 Å². The van der Waals surface area contributed by atoms with Crippen molar-refractivity contribution in [1.29, 1.82) is 10.5 Å². The van der Waals surface area contributed by atoms with Crippen LogP contribution in [0.25, 0.3) is 0 Å². The van der Waals surface area contributed by atoms with Crippen LogP contribution in [0.4, 0.5) is 0 Å². The molecule has 1 fully saturated rings. The van der Waals surface area contributed by atoms with Crippen LogP contribution in [-0.4, -0.2) is 65.8 Å². The van der Waals surface area contributed by atoms with E-state index in [4.69, 9.17) is 21.0 Å². The fourth-order valence-corrected chi connectivity index (χ4v) is 20.6. The van der Waals surface area contributed by atoms with Gasteiger partial charge in [0.15, 0.2) is 0 Å². The van der Waals surface area contributed by atoms with Gasteiger partial charge in [0.25, 0.3) is 10.1 Å². The van der Waals surface area contributed by atoms with E-state index < -0.39 is 15.5 Å². The van der Waals surface area contributed by atoms with E-state index in [-0.39, 0.29) is 27.4 Å². The number of hydrogen-bond donors (Lipinski definition) is 2. The maximum Gasteiger partial charge on any atom is 0.267 e. The summed E-state index contributed by atoms with van der Waals surface area (Å²) in [5, 5.41) is 22.3. The highest BCUT2D eigenvalue weighted by Crippen LogP contribution is 2.41. The van der Waals surface area contributed by atoms with Gasteiger partial charge in [0, 0.05) is 65.6 Å². The Morgan fingerprint density at radius 2 is 0.594 bits per heavy atom. The third-order valence-corrected chi connectivity index (χ3v) is 28.2. The topological polar surface area (TPSA) is 171 Å². The number of nitrogens with zero attached hydrogens (tertiary/aromatic N) is 4. The number of rotatable bonds is 29. The Morgan fingerprint density at radius 3 is 0.853 bits per heavy atom. The molecule has 0 radical (unpaired) electrons. The fraction of sp³-hybridized carbons (Fsp3) is 0.183. The summed E-state index contributed by atoms with van der Waals surface area (Å²) in [6.07, 6.45) is 15.1. The number of aliphatic imine (C=N–C) groups is 2. The molecular formula is C131H127BrN6O4S. The van der Waals surface area contributed by atoms with Crippen LogP contribution in [0.5, 0.6) is 0 Å². The van der Waals surface area contributed by atoms with Crippen LogP contribution in [0.15, 0.2) is 513 Å². The average molecular weight is 1960 g/mol. The van der Waals surface area contributed by atoms with E-state index in [2.05, 4.69) is 420 Å². The van der Waals surface area contributed by atoms with E-state index >= 15 is 0 Å². The predicted octanol–water partition coefficient (Wildman–Crippen LogP) is 27.2. The lowest BCUT2D eigenvalue weighted by molar-refractivity contribution is -0.109. The van der Waals surface area contributed by atoms with Crippen molar-refractivity contribution in [3.05, 3.63) is 609 Å². The first-order chi connectivity index (χ1) is 70.3. The van der Waals surface area contributed by atoms with Gasteiger partial charge in [-0.1, -0.05) is 519 Å². The molecule has 1 amide bonds. The van der Waals surface area contributed by atoms with Crippen molar-refractivity contribution in [3.8, 4) is 12.1 Å². The van der Waals surface area contributed by atoms with Gasteiger partial charge in [-0.3, -0.25) is 19.0 Å². The first-order valence-corrected chi connectivity index (χ1v) is 51.9. The Hall–Kier alpha value is -15.1. The summed E-state index contributed by atoms with van der Waals surface area (Å²) in [5.41, 5.74) is 30.1. The summed E-state index contributed by atoms with van der Waals surface area (Å²) < 4.78 is 24.7. The van der Waals surface area contributed by atoms with Crippen molar-refractivity contribution < 1.29 is 17.4 Å². The molecule has 17 aromatic rings. The van der Waals surface area contributed by atoms with Crippen molar-refractivity contribution >= 4 is 44.9 Å². The zero-order chi connectivity index (χ0) is 99.5. The van der Waals surface area contributed by atoms with E-state index in [9.17, 15) is 18.5 Å². The highest BCUT2D eigenvalue weighted by molar-refractivity contribution is 9.08. The van der Waals surface area contributed by atoms with Gasteiger partial charge in [-0.15, -0.1) is 0 Å². The molecule has 0 aliphatic carbocycles. The Bertz CT molecular complexity index is 6420. The lowest BCUT2D eigenvalue weighted by Crippen LogP contribution is -2.41. The van der Waals surface area contributed by atoms with E-state index in [0.717, 1.165) is 87.3 Å². The number of nitrogens with two attached hydrogens (primary N) is 1. The number of carbonyl (C=O) groups is 1. The monoisotopic (exact) mass is 1960 g/mol. The quantitative estimate of drug-likeness (QED) is 0.0267. The number of hydrogen-bond acceptors (Lipinski definition) is 9. The SMILES string of the molecule is BrCc1ccccc1.C1=NCC(Cc2ccccc2)(Cc2ccccc2)c2ccccc21.C1=NCC(Cc2ccccc2)(Cc2ccccc2)c2ccccc21.N#CC(Cc1ccccc1)(Cc1ccccc1)c1ccccc1.N#CCc1ccccc1.NCC(Cc1ccccc1)(Cc1ccccc1)c1ccccc1.O=CNCC(Cc1ccccc1)(Cc1ccccc1)c1ccccc1.O=S1(=O)CCCO1. The van der Waals surface area contributed by atoms with Crippen LogP contribution < -0.4 is 11.1 Å². The van der Waals surface area contributed by atoms with E-state index in [1.165, 1.54) is 94.6 Å². The molecule has 0 spiro atoms. The standard InChI is InChI=1S/C23H23NO.2C23H21N.C22H23N.C22H19N.C8H7N.C7H7Br.C3H6O3S/c25-19-24-18-23(22-14-8-3-9-15-22,16-20-10-4-1-5-11-20)17-21-12-6-2-7-13-21;2*1-3-9-19(10-4-1)15-23(16-20-11-5-2-6-12-20)18-24-17-21-13-7-8-14-22(21)23;2*23-18-22(21-14-8-3-9-15-21,16-19-10-4-1-5-11-19)17-20-12-6-2-7-13-20;9-7-6-8-4-2-1-3-5-8;8-6-7-4-2-1-3-5-7;4-7(5)3-1-2-6-7/h1-15,19H,16-18H2,(H,24,25);2*1-14,17H,15-16,18H2;1-15H,16-18,23H2;1-15H,16-17H2;1-5H,6H2;1-5H,6H2;1-3H2. The van der Waals surface area contributed by atoms with Gasteiger partial charge in [-0.2, -0.15) is 18.9 Å². The second kappa shape index (κ2) is 56.4. The summed E-state index contributed by atoms with van der Waals surface area (Å²) in [5.74, 6) is 0.201. The van der Waals surface area contributed by atoms with Crippen molar-refractivity contribution in [2.24, 2.45) is 15.7 Å². The zero-order valence-electron chi connectivity index (χ0n) is 81.4. The van der Waals surface area contributed by atoms with Crippen molar-refractivity contribution in [2.45, 2.75) is 109 Å². The van der Waals surface area contributed by atoms with E-state index in [1.807, 2.05) is 134 Å². The summed E-state index contributed by atoms with van der Waals surface area (Å²) in [6, 6.07) is 180. The minimum atomic E-state index is -3.05. The summed E-state index contributed by atoms with van der Waals surface area (Å²) in [4.78, 5) is 20.6. The number of nitriles is 2. The van der Waals surface area contributed by atoms with Gasteiger partial charge in [0.1, 0.15) is 0 Å². The van der Waals surface area contributed by atoms with Crippen LogP contribution in [0.1, 0.15) is 112 Å². The molecule has 10 nitrogen and oxygen atoms in total. The molecule has 0 aromatic heterocycles. The highest BCUT2D eigenvalue weighted by atomic mass is 79.9. The molecule has 3 aliphatic rings. The molecule has 0 unspecified atom stereocenters. The predicted molar refractivity (Wildman–Crippen MR) is 595 cm³/mol. The molecule has 17 aromatic carbocycles. The summed E-state index contributed by atoms with van der Waals surface area (Å²) >= 11 is 3.36. The minimum absolute atomic E-state index is 0.0219. The van der Waals surface area contributed by atoms with Gasteiger partial charge >= 0.3 is 0 Å². The third-order valence-electron chi connectivity index (χ3n) is 26.2. The Morgan fingerprint density at radius 1 is 0.336 bits per heavy atom. The molecular weight excluding hydrogens is 1830 g/mol. The Kier molecular flexibility index (Phi) is 41.5. The van der Waals surface area contributed by atoms with Crippen LogP contribution in [-0.2, 0) is 122 Å². The molecule has 0 bridgehead atoms. The number of alkyl halides is 1. The van der Waals surface area contributed by atoms with Crippen molar-refractivity contribution in [2.75, 3.05) is 38.5 Å². The average Bonchev–Trinajstić information content (AvgIpc) is 1.05. The Balaban J connectivity index is 0.000000141. The minimum Gasteiger partial charge on any atom is -0.358 e. The number of halogens is 1. The van der Waals surface area contributed by atoms with Gasteiger partial charge in [0.2, 0.25) is 6.41 Å². The van der Waals surface area contributed by atoms with Gasteiger partial charge < -0.3 is 11.1 Å². The molecule has 20 rings (SSSR count). The second-order valence-electron chi connectivity index (χ2n) is 36.7.